The average molecular weight is 332 g/mol. The molecule has 0 aliphatic rings. The number of hydrogen-bond donors (Lipinski definition) is 1. The minimum atomic E-state index is 0.731. The highest BCUT2D eigenvalue weighted by Crippen LogP contribution is 2.23. The summed E-state index contributed by atoms with van der Waals surface area (Å²) in [5.41, 5.74) is 0. The van der Waals surface area contributed by atoms with Gasteiger partial charge in [-0.05, 0) is 19.3 Å². The monoisotopic (exact) mass is 331 g/mol. The summed E-state index contributed by atoms with van der Waals surface area (Å²) in [6.07, 6.45) is 16.0. The molecule has 0 saturated carbocycles. The Kier molecular flexibility index (Phi) is 16.8. The third kappa shape index (κ3) is 14.9. The largest absolute Gasteiger partial charge is 0.371 e. The third-order valence-electron chi connectivity index (χ3n) is 3.83. The second-order valence-electron chi connectivity index (χ2n) is 6.01. The molecular formula is C18H37NS2. The minimum absolute atomic E-state index is 0.731. The Morgan fingerprint density at radius 3 is 1.90 bits per heavy atom. The number of nitrogens with one attached hydrogen (secondary N) is 1. The molecule has 0 radical (unpaired) electrons. The first kappa shape index (κ1) is 21.2. The van der Waals surface area contributed by atoms with Gasteiger partial charge in [0, 0.05) is 11.8 Å². The van der Waals surface area contributed by atoms with E-state index in [1.165, 1.54) is 77.0 Å². The lowest BCUT2D eigenvalue weighted by atomic mass is 10.1. The second-order valence-corrected chi connectivity index (χ2v) is 7.98. The van der Waals surface area contributed by atoms with Gasteiger partial charge < -0.3 is 5.32 Å². The van der Waals surface area contributed by atoms with Crippen molar-refractivity contribution in [2.75, 3.05) is 6.54 Å². The molecule has 0 saturated heterocycles. The van der Waals surface area contributed by atoms with Gasteiger partial charge in [-0.15, -0.1) is 0 Å². The fourth-order valence-electron chi connectivity index (χ4n) is 2.41. The highest BCUT2D eigenvalue weighted by molar-refractivity contribution is 8.23. The van der Waals surface area contributed by atoms with Gasteiger partial charge in [-0.2, -0.15) is 0 Å². The van der Waals surface area contributed by atoms with E-state index in [1.807, 2.05) is 11.8 Å². The molecule has 21 heavy (non-hydrogen) atoms. The zero-order valence-corrected chi connectivity index (χ0v) is 16.2. The normalized spacial score (nSPS) is 11.0. The molecular weight excluding hydrogens is 294 g/mol. The Hall–Kier alpha value is 0.240. The van der Waals surface area contributed by atoms with Crippen molar-refractivity contribution >= 4 is 28.3 Å². The lowest BCUT2D eigenvalue weighted by Gasteiger charge is -2.17. The van der Waals surface area contributed by atoms with Crippen molar-refractivity contribution in [2.45, 2.75) is 103 Å². The summed E-state index contributed by atoms with van der Waals surface area (Å²) in [6.45, 7) is 7.88. The molecule has 0 amide bonds. The number of unbranched alkanes of at least 4 members (excludes halogenated alkanes) is 7. The maximum atomic E-state index is 5.50. The van der Waals surface area contributed by atoms with Crippen LogP contribution in [0.5, 0.6) is 0 Å². The molecule has 1 N–H and O–H groups in total. The topological polar surface area (TPSA) is 12.0 Å². The van der Waals surface area contributed by atoms with Gasteiger partial charge in [0.1, 0.15) is 4.32 Å². The molecule has 1 nitrogen and oxygen atoms in total. The van der Waals surface area contributed by atoms with Crippen molar-refractivity contribution in [1.29, 1.82) is 0 Å². The molecule has 0 spiro atoms. The zero-order valence-electron chi connectivity index (χ0n) is 14.6. The predicted molar refractivity (Wildman–Crippen MR) is 104 cm³/mol. The third-order valence-corrected chi connectivity index (χ3v) is 5.43. The zero-order chi connectivity index (χ0) is 15.8. The van der Waals surface area contributed by atoms with Crippen LogP contribution in [-0.2, 0) is 0 Å². The first-order valence-electron chi connectivity index (χ1n) is 9.19. The molecule has 0 aliphatic carbocycles. The summed E-state index contributed by atoms with van der Waals surface area (Å²) in [7, 11) is 0. The SMILES string of the molecule is CCCCCCCCNC(=S)SC(CCCC)CCCC. The Morgan fingerprint density at radius 2 is 1.33 bits per heavy atom. The van der Waals surface area contributed by atoms with Gasteiger partial charge in [0.15, 0.2) is 0 Å². The van der Waals surface area contributed by atoms with Crippen LogP contribution in [0.15, 0.2) is 0 Å². The molecule has 0 fully saturated rings. The molecule has 0 unspecified atom stereocenters. The molecule has 0 aromatic rings. The standard InChI is InChI=1S/C18H37NS2/c1-4-7-10-11-12-13-16-19-18(20)21-17(14-8-5-2)15-9-6-3/h17H,4-16H2,1-3H3,(H,19,20). The van der Waals surface area contributed by atoms with Gasteiger partial charge in [0.25, 0.3) is 0 Å². The molecule has 0 aliphatic heterocycles. The lowest BCUT2D eigenvalue weighted by Crippen LogP contribution is -2.22. The number of thioether (sulfide) groups is 1. The maximum Gasteiger partial charge on any atom is 0.134 e. The Morgan fingerprint density at radius 1 is 0.810 bits per heavy atom. The van der Waals surface area contributed by atoms with Crippen LogP contribution in [0.4, 0.5) is 0 Å². The van der Waals surface area contributed by atoms with Crippen molar-refractivity contribution in [1.82, 2.24) is 5.32 Å². The van der Waals surface area contributed by atoms with E-state index in [-0.39, 0.29) is 0 Å². The van der Waals surface area contributed by atoms with Crippen molar-refractivity contribution in [3.8, 4) is 0 Å². The van der Waals surface area contributed by atoms with E-state index >= 15 is 0 Å². The van der Waals surface area contributed by atoms with Crippen LogP contribution in [0.25, 0.3) is 0 Å². The fourth-order valence-corrected chi connectivity index (χ4v) is 3.98. The highest BCUT2D eigenvalue weighted by atomic mass is 32.2. The maximum absolute atomic E-state index is 5.50. The summed E-state index contributed by atoms with van der Waals surface area (Å²) in [5, 5.41) is 4.18. The van der Waals surface area contributed by atoms with Gasteiger partial charge in [-0.25, -0.2) is 0 Å². The number of thiocarbonyl (C=S) groups is 1. The molecule has 0 aromatic carbocycles. The highest BCUT2D eigenvalue weighted by Gasteiger charge is 2.11. The summed E-state index contributed by atoms with van der Waals surface area (Å²) < 4.78 is 1.03. The van der Waals surface area contributed by atoms with Crippen LogP contribution < -0.4 is 5.32 Å². The molecule has 0 aromatic heterocycles. The molecule has 3 heteroatoms. The van der Waals surface area contributed by atoms with E-state index in [4.69, 9.17) is 12.2 Å². The molecule has 126 valence electrons. The fraction of sp³-hybridized carbons (Fsp3) is 0.944. The smallest absolute Gasteiger partial charge is 0.134 e. The van der Waals surface area contributed by atoms with Crippen LogP contribution in [0.2, 0.25) is 0 Å². The van der Waals surface area contributed by atoms with Crippen LogP contribution in [-0.4, -0.2) is 16.1 Å². The Balaban J connectivity index is 3.66. The number of rotatable bonds is 14. The molecule has 0 bridgehead atoms. The van der Waals surface area contributed by atoms with Gasteiger partial charge >= 0.3 is 0 Å². The van der Waals surface area contributed by atoms with Crippen LogP contribution in [0, 0.1) is 0 Å². The van der Waals surface area contributed by atoms with E-state index in [9.17, 15) is 0 Å². The van der Waals surface area contributed by atoms with Gasteiger partial charge in [0.05, 0.1) is 0 Å². The van der Waals surface area contributed by atoms with Crippen LogP contribution in [0.1, 0.15) is 97.8 Å². The average Bonchev–Trinajstić information content (AvgIpc) is 2.49. The van der Waals surface area contributed by atoms with Crippen LogP contribution >= 0.6 is 24.0 Å². The Bertz CT molecular complexity index is 223. The summed E-state index contributed by atoms with van der Waals surface area (Å²) in [5.74, 6) is 0. The molecule has 0 heterocycles. The second kappa shape index (κ2) is 16.6. The van der Waals surface area contributed by atoms with Crippen molar-refractivity contribution in [3.63, 3.8) is 0 Å². The number of hydrogen-bond acceptors (Lipinski definition) is 2. The van der Waals surface area contributed by atoms with Crippen molar-refractivity contribution < 1.29 is 0 Å². The van der Waals surface area contributed by atoms with E-state index in [0.29, 0.717) is 0 Å². The van der Waals surface area contributed by atoms with Gasteiger partial charge in [-0.3, -0.25) is 0 Å². The van der Waals surface area contributed by atoms with E-state index in [0.717, 1.165) is 16.1 Å². The molecule has 0 atom stereocenters. The molecule has 0 rings (SSSR count). The van der Waals surface area contributed by atoms with Gasteiger partial charge in [-0.1, -0.05) is 103 Å². The first-order valence-corrected chi connectivity index (χ1v) is 10.5. The van der Waals surface area contributed by atoms with E-state index in [2.05, 4.69) is 26.1 Å². The van der Waals surface area contributed by atoms with Crippen molar-refractivity contribution in [3.05, 3.63) is 0 Å². The predicted octanol–water partition coefficient (Wildman–Crippen LogP) is 6.70. The van der Waals surface area contributed by atoms with Crippen molar-refractivity contribution in [2.24, 2.45) is 0 Å². The summed E-state index contributed by atoms with van der Waals surface area (Å²) in [4.78, 5) is 0. The lowest BCUT2D eigenvalue weighted by molar-refractivity contribution is 0.603. The Labute approximate surface area is 143 Å². The summed E-state index contributed by atoms with van der Waals surface area (Å²) >= 11 is 7.42. The minimum Gasteiger partial charge on any atom is -0.371 e. The van der Waals surface area contributed by atoms with Gasteiger partial charge in [0.2, 0.25) is 0 Å². The van der Waals surface area contributed by atoms with E-state index < -0.39 is 0 Å². The van der Waals surface area contributed by atoms with E-state index in [1.54, 1.807) is 0 Å². The summed E-state index contributed by atoms with van der Waals surface area (Å²) in [6, 6.07) is 0. The van der Waals surface area contributed by atoms with Crippen LogP contribution in [0.3, 0.4) is 0 Å². The quantitative estimate of drug-likeness (QED) is 0.281. The first-order chi connectivity index (χ1) is 10.2.